The van der Waals surface area contributed by atoms with Crippen LogP contribution in [0.1, 0.15) is 28.4 Å². The van der Waals surface area contributed by atoms with Crippen molar-refractivity contribution >= 4 is 34.3 Å². The highest BCUT2D eigenvalue weighted by molar-refractivity contribution is 7.16. The van der Waals surface area contributed by atoms with E-state index in [0.717, 1.165) is 16.6 Å². The van der Waals surface area contributed by atoms with Crippen LogP contribution in [0.15, 0.2) is 17.6 Å². The molecule has 0 aliphatic heterocycles. The maximum Gasteiger partial charge on any atom is 0.0931 e. The first-order chi connectivity index (χ1) is 7.66. The molecule has 0 bridgehead atoms. The molecule has 5 heteroatoms. The van der Waals surface area contributed by atoms with E-state index in [1.165, 1.54) is 9.75 Å². The highest BCUT2D eigenvalue weighted by Gasteiger charge is 2.09. The Hall–Kier alpha value is -0.420. The Morgan fingerprint density at radius 1 is 1.50 bits per heavy atom. The van der Waals surface area contributed by atoms with Crippen molar-refractivity contribution in [2.24, 2.45) is 0 Å². The zero-order valence-corrected chi connectivity index (χ0v) is 11.5. The molecule has 16 heavy (non-hydrogen) atoms. The van der Waals surface area contributed by atoms with Crippen LogP contribution in [0, 0.1) is 6.92 Å². The molecule has 0 aliphatic rings. The van der Waals surface area contributed by atoms with E-state index >= 15 is 0 Å². The van der Waals surface area contributed by atoms with Crippen molar-refractivity contribution in [3.8, 4) is 0 Å². The average Bonchev–Trinajstić information content (AvgIpc) is 2.84. The summed E-state index contributed by atoms with van der Waals surface area (Å²) in [5, 5.41) is 3.48. The van der Waals surface area contributed by atoms with Crippen LogP contribution in [-0.2, 0) is 6.54 Å². The lowest BCUT2D eigenvalue weighted by atomic mass is 10.2. The third-order valence-electron chi connectivity index (χ3n) is 2.43. The number of hydrogen-bond acceptors (Lipinski definition) is 4. The summed E-state index contributed by atoms with van der Waals surface area (Å²) in [6, 6.07) is 4.35. The summed E-state index contributed by atoms with van der Waals surface area (Å²) >= 11 is 9.24. The molecule has 0 spiro atoms. The number of halogens is 1. The van der Waals surface area contributed by atoms with Gasteiger partial charge in [-0.3, -0.25) is 0 Å². The molecule has 2 aromatic heterocycles. The summed E-state index contributed by atoms with van der Waals surface area (Å²) in [7, 11) is 0. The van der Waals surface area contributed by atoms with E-state index in [2.05, 4.69) is 23.3 Å². The van der Waals surface area contributed by atoms with Gasteiger partial charge in [0.25, 0.3) is 0 Å². The Labute approximate surface area is 108 Å². The zero-order chi connectivity index (χ0) is 11.5. The summed E-state index contributed by atoms with van der Waals surface area (Å²) in [6.45, 7) is 5.06. The Morgan fingerprint density at radius 3 is 2.88 bits per heavy atom. The van der Waals surface area contributed by atoms with Crippen molar-refractivity contribution in [2.75, 3.05) is 0 Å². The lowest BCUT2D eigenvalue weighted by molar-refractivity contribution is 0.585. The van der Waals surface area contributed by atoms with E-state index in [4.69, 9.17) is 11.6 Å². The number of aromatic nitrogens is 1. The van der Waals surface area contributed by atoms with Gasteiger partial charge in [0, 0.05) is 22.3 Å². The Bertz CT molecular complexity index is 464. The third kappa shape index (κ3) is 2.83. The van der Waals surface area contributed by atoms with Gasteiger partial charge in [0.2, 0.25) is 0 Å². The molecular weight excluding hydrogens is 260 g/mol. The molecule has 0 amide bonds. The van der Waals surface area contributed by atoms with Gasteiger partial charge in [-0.05, 0) is 26.0 Å². The van der Waals surface area contributed by atoms with E-state index < -0.39 is 0 Å². The summed E-state index contributed by atoms with van der Waals surface area (Å²) < 4.78 is 0.845. The number of thiazole rings is 1. The second kappa shape index (κ2) is 5.27. The van der Waals surface area contributed by atoms with Gasteiger partial charge in [-0.15, -0.1) is 22.7 Å². The van der Waals surface area contributed by atoms with Crippen molar-refractivity contribution < 1.29 is 0 Å². The van der Waals surface area contributed by atoms with Gasteiger partial charge in [-0.1, -0.05) is 11.6 Å². The summed E-state index contributed by atoms with van der Waals surface area (Å²) in [5.41, 5.74) is 3.01. The minimum absolute atomic E-state index is 0.332. The minimum atomic E-state index is 0.332. The van der Waals surface area contributed by atoms with Crippen molar-refractivity contribution in [2.45, 2.75) is 26.4 Å². The van der Waals surface area contributed by atoms with Crippen molar-refractivity contribution in [3.05, 3.63) is 37.4 Å². The number of hydrogen-bond donors (Lipinski definition) is 1. The molecule has 1 N–H and O–H groups in total. The fraction of sp³-hybridized carbons (Fsp3) is 0.364. The van der Waals surface area contributed by atoms with Crippen molar-refractivity contribution in [1.29, 1.82) is 0 Å². The predicted octanol–water partition coefficient (Wildman–Crippen LogP) is 4.02. The number of nitrogens with zero attached hydrogens (tertiary/aromatic N) is 1. The van der Waals surface area contributed by atoms with Crippen LogP contribution in [0.25, 0.3) is 0 Å². The summed E-state index contributed by atoms with van der Waals surface area (Å²) in [4.78, 5) is 6.80. The SMILES string of the molecule is Cc1ncsc1CNC(C)c1ccc(Cl)s1. The van der Waals surface area contributed by atoms with Crippen molar-refractivity contribution in [3.63, 3.8) is 0 Å². The normalized spacial score (nSPS) is 12.9. The monoisotopic (exact) mass is 272 g/mol. The van der Waals surface area contributed by atoms with Gasteiger partial charge in [-0.2, -0.15) is 0 Å². The van der Waals surface area contributed by atoms with Crippen LogP contribution in [0.5, 0.6) is 0 Å². The maximum absolute atomic E-state index is 5.91. The van der Waals surface area contributed by atoms with Crippen LogP contribution >= 0.6 is 34.3 Å². The summed E-state index contributed by atoms with van der Waals surface area (Å²) in [6.07, 6.45) is 0. The molecule has 2 rings (SSSR count). The topological polar surface area (TPSA) is 24.9 Å². The van der Waals surface area contributed by atoms with Crippen LogP contribution in [0.4, 0.5) is 0 Å². The highest BCUT2D eigenvalue weighted by atomic mass is 35.5. The van der Waals surface area contributed by atoms with Crippen LogP contribution in [0.3, 0.4) is 0 Å². The molecule has 1 atom stereocenters. The second-order valence-electron chi connectivity index (χ2n) is 3.61. The molecule has 86 valence electrons. The number of rotatable bonds is 4. The molecule has 0 fully saturated rings. The number of thiophene rings is 1. The predicted molar refractivity (Wildman–Crippen MR) is 71.4 cm³/mol. The van der Waals surface area contributed by atoms with Crippen molar-refractivity contribution in [1.82, 2.24) is 10.3 Å². The zero-order valence-electron chi connectivity index (χ0n) is 9.16. The lowest BCUT2D eigenvalue weighted by Gasteiger charge is -2.11. The first kappa shape index (κ1) is 12.0. The molecular formula is C11H13ClN2S2. The molecule has 0 aliphatic carbocycles. The number of nitrogens with one attached hydrogen (secondary N) is 1. The molecule has 0 radical (unpaired) electrons. The Balaban J connectivity index is 1.93. The van der Waals surface area contributed by atoms with E-state index in [1.54, 1.807) is 22.7 Å². The Morgan fingerprint density at radius 2 is 2.31 bits per heavy atom. The van der Waals surface area contributed by atoms with E-state index in [1.807, 2.05) is 18.5 Å². The van der Waals surface area contributed by atoms with Crippen LogP contribution in [0.2, 0.25) is 4.34 Å². The molecule has 0 aromatic carbocycles. The maximum atomic E-state index is 5.91. The molecule has 0 saturated heterocycles. The van der Waals surface area contributed by atoms with E-state index in [9.17, 15) is 0 Å². The first-order valence-electron chi connectivity index (χ1n) is 5.04. The largest absolute Gasteiger partial charge is 0.304 e. The molecule has 2 aromatic rings. The van der Waals surface area contributed by atoms with Gasteiger partial charge < -0.3 is 5.32 Å². The van der Waals surface area contributed by atoms with Gasteiger partial charge >= 0.3 is 0 Å². The molecule has 2 heterocycles. The molecule has 2 nitrogen and oxygen atoms in total. The van der Waals surface area contributed by atoms with Gasteiger partial charge in [0.1, 0.15) is 0 Å². The van der Waals surface area contributed by atoms with Gasteiger partial charge in [0.05, 0.1) is 15.5 Å². The minimum Gasteiger partial charge on any atom is -0.304 e. The summed E-state index contributed by atoms with van der Waals surface area (Å²) in [5.74, 6) is 0. The first-order valence-corrected chi connectivity index (χ1v) is 7.12. The third-order valence-corrected chi connectivity index (χ3v) is 4.78. The molecule has 0 saturated carbocycles. The smallest absolute Gasteiger partial charge is 0.0931 e. The van der Waals surface area contributed by atoms with E-state index in [-0.39, 0.29) is 0 Å². The lowest BCUT2D eigenvalue weighted by Crippen LogP contribution is -2.16. The van der Waals surface area contributed by atoms with Crippen LogP contribution in [-0.4, -0.2) is 4.98 Å². The Kier molecular flexibility index (Phi) is 3.97. The molecule has 1 unspecified atom stereocenters. The fourth-order valence-corrected chi connectivity index (χ4v) is 3.22. The average molecular weight is 273 g/mol. The quantitative estimate of drug-likeness (QED) is 0.909. The van der Waals surface area contributed by atoms with E-state index in [0.29, 0.717) is 6.04 Å². The van der Waals surface area contributed by atoms with Gasteiger partial charge in [0.15, 0.2) is 0 Å². The van der Waals surface area contributed by atoms with Crippen LogP contribution < -0.4 is 5.32 Å². The second-order valence-corrected chi connectivity index (χ2v) is 6.29. The highest BCUT2D eigenvalue weighted by Crippen LogP contribution is 2.27. The number of aryl methyl sites for hydroxylation is 1. The fourth-order valence-electron chi connectivity index (χ4n) is 1.40. The standard InChI is InChI=1S/C11H13ClN2S2/c1-7(9-3-4-11(12)16-9)13-5-10-8(2)14-6-15-10/h3-4,6-7,13H,5H2,1-2H3. The van der Waals surface area contributed by atoms with Gasteiger partial charge in [-0.25, -0.2) is 4.98 Å².